The lowest BCUT2D eigenvalue weighted by Crippen LogP contribution is -2.36. The first-order chi connectivity index (χ1) is 12.2. The molecular weight excluding hydrogens is 322 g/mol. The molecule has 0 fully saturated rings. The first-order valence-corrected chi connectivity index (χ1v) is 7.96. The summed E-state index contributed by atoms with van der Waals surface area (Å²) in [7, 11) is 1.91. The Bertz CT molecular complexity index is 873. The minimum absolute atomic E-state index is 0.0379. The summed E-state index contributed by atoms with van der Waals surface area (Å²) in [6.45, 7) is 1.45. The van der Waals surface area contributed by atoms with Crippen molar-refractivity contribution < 1.29 is 13.9 Å². The Morgan fingerprint density at radius 1 is 1.40 bits per heavy atom. The van der Waals surface area contributed by atoms with Crippen LogP contribution in [-0.4, -0.2) is 37.1 Å². The minimum Gasteiger partial charge on any atom is -0.472 e. The molecule has 128 valence electrons. The van der Waals surface area contributed by atoms with Gasteiger partial charge in [0.2, 0.25) is 5.88 Å². The molecule has 1 aliphatic rings. The zero-order valence-electron chi connectivity index (χ0n) is 13.8. The van der Waals surface area contributed by atoms with Crippen molar-refractivity contribution in [1.29, 1.82) is 0 Å². The standard InChI is InChI=1S/C17H17N5O3/c1-21-15-2-6-22(17(23)12-3-7-24-10-12)9-13(15)14(20-21)11-25-16-8-18-4-5-19-16/h3-5,7-8,10H,2,6,9,11H2,1H3. The molecule has 8 nitrogen and oxygen atoms in total. The number of carbonyl (C=O) groups excluding carboxylic acids is 1. The fraction of sp³-hybridized carbons (Fsp3) is 0.294. The molecule has 25 heavy (non-hydrogen) atoms. The number of rotatable bonds is 4. The van der Waals surface area contributed by atoms with Crippen LogP contribution in [0.3, 0.4) is 0 Å². The number of carbonyl (C=O) groups is 1. The SMILES string of the molecule is Cn1nc(COc2cnccn2)c2c1CCN(C(=O)c1ccoc1)C2. The summed E-state index contributed by atoms with van der Waals surface area (Å²) >= 11 is 0. The van der Waals surface area contributed by atoms with Crippen molar-refractivity contribution in [3.63, 3.8) is 0 Å². The third-order valence-electron chi connectivity index (χ3n) is 4.28. The first-order valence-electron chi connectivity index (χ1n) is 7.96. The van der Waals surface area contributed by atoms with E-state index >= 15 is 0 Å². The van der Waals surface area contributed by atoms with Gasteiger partial charge in [0.15, 0.2) is 0 Å². The third-order valence-corrected chi connectivity index (χ3v) is 4.28. The minimum atomic E-state index is -0.0379. The van der Waals surface area contributed by atoms with Gasteiger partial charge in [-0.2, -0.15) is 5.10 Å². The van der Waals surface area contributed by atoms with Crippen LogP contribution in [0.2, 0.25) is 0 Å². The molecule has 4 heterocycles. The molecule has 3 aromatic heterocycles. The van der Waals surface area contributed by atoms with Crippen molar-refractivity contribution in [2.24, 2.45) is 7.05 Å². The van der Waals surface area contributed by atoms with Gasteiger partial charge in [-0.05, 0) is 6.07 Å². The number of nitrogens with zero attached hydrogens (tertiary/aromatic N) is 5. The van der Waals surface area contributed by atoms with E-state index in [-0.39, 0.29) is 12.5 Å². The fourth-order valence-electron chi connectivity index (χ4n) is 3.03. The van der Waals surface area contributed by atoms with Gasteiger partial charge in [0, 0.05) is 50.2 Å². The maximum absolute atomic E-state index is 12.6. The number of amides is 1. The van der Waals surface area contributed by atoms with Crippen LogP contribution in [0.25, 0.3) is 0 Å². The zero-order valence-corrected chi connectivity index (χ0v) is 13.8. The van der Waals surface area contributed by atoms with E-state index in [1.807, 2.05) is 11.7 Å². The largest absolute Gasteiger partial charge is 0.472 e. The predicted octanol–water partition coefficient (Wildman–Crippen LogP) is 1.58. The molecule has 0 bridgehead atoms. The third kappa shape index (κ3) is 2.98. The van der Waals surface area contributed by atoms with Crippen LogP contribution >= 0.6 is 0 Å². The lowest BCUT2D eigenvalue weighted by atomic mass is 10.0. The van der Waals surface area contributed by atoms with E-state index in [0.717, 1.165) is 23.4 Å². The van der Waals surface area contributed by atoms with Gasteiger partial charge in [0.05, 0.1) is 18.0 Å². The Labute approximate surface area is 144 Å². The molecule has 0 atom stereocenters. The normalized spacial score (nSPS) is 13.6. The average molecular weight is 339 g/mol. The van der Waals surface area contributed by atoms with Crippen LogP contribution in [0.15, 0.2) is 41.6 Å². The Kier molecular flexibility index (Phi) is 3.93. The van der Waals surface area contributed by atoms with Crippen LogP contribution in [0.5, 0.6) is 5.88 Å². The monoisotopic (exact) mass is 339 g/mol. The molecule has 0 radical (unpaired) electrons. The Morgan fingerprint density at radius 3 is 3.08 bits per heavy atom. The lowest BCUT2D eigenvalue weighted by molar-refractivity contribution is 0.0731. The van der Waals surface area contributed by atoms with E-state index in [4.69, 9.17) is 9.15 Å². The number of hydrogen-bond acceptors (Lipinski definition) is 6. The number of ether oxygens (including phenoxy) is 1. The van der Waals surface area contributed by atoms with Gasteiger partial charge in [0.25, 0.3) is 5.91 Å². The summed E-state index contributed by atoms with van der Waals surface area (Å²) in [4.78, 5) is 22.4. The van der Waals surface area contributed by atoms with Crippen molar-refractivity contribution in [2.75, 3.05) is 6.54 Å². The van der Waals surface area contributed by atoms with Crippen LogP contribution in [0.1, 0.15) is 27.3 Å². The van der Waals surface area contributed by atoms with Crippen LogP contribution < -0.4 is 4.74 Å². The molecule has 0 aromatic carbocycles. The van der Waals surface area contributed by atoms with E-state index in [1.165, 1.54) is 12.5 Å². The van der Waals surface area contributed by atoms with Gasteiger partial charge in [0.1, 0.15) is 18.6 Å². The van der Waals surface area contributed by atoms with Gasteiger partial charge >= 0.3 is 0 Å². The molecule has 0 N–H and O–H groups in total. The number of furan rings is 1. The number of hydrogen-bond donors (Lipinski definition) is 0. The molecule has 3 aromatic rings. The second-order valence-electron chi connectivity index (χ2n) is 5.82. The fourth-order valence-corrected chi connectivity index (χ4v) is 3.03. The summed E-state index contributed by atoms with van der Waals surface area (Å²) in [5.74, 6) is 0.410. The quantitative estimate of drug-likeness (QED) is 0.717. The Hall–Kier alpha value is -3.16. The van der Waals surface area contributed by atoms with Gasteiger partial charge < -0.3 is 14.1 Å². The summed E-state index contributed by atoms with van der Waals surface area (Å²) in [5, 5.41) is 4.55. The van der Waals surface area contributed by atoms with Gasteiger partial charge in [-0.3, -0.25) is 14.5 Å². The van der Waals surface area contributed by atoms with Crippen molar-refractivity contribution in [2.45, 2.75) is 19.6 Å². The van der Waals surface area contributed by atoms with Crippen molar-refractivity contribution in [1.82, 2.24) is 24.6 Å². The Balaban J connectivity index is 1.53. The van der Waals surface area contributed by atoms with Crippen molar-refractivity contribution >= 4 is 5.91 Å². The highest BCUT2D eigenvalue weighted by molar-refractivity contribution is 5.93. The van der Waals surface area contributed by atoms with Gasteiger partial charge in [-0.25, -0.2) is 4.98 Å². The molecule has 0 saturated heterocycles. The first kappa shape index (κ1) is 15.4. The maximum atomic E-state index is 12.6. The molecule has 0 spiro atoms. The number of fused-ring (bicyclic) bond motifs is 1. The maximum Gasteiger partial charge on any atom is 0.257 e. The molecule has 8 heteroatoms. The van der Waals surface area contributed by atoms with E-state index in [9.17, 15) is 4.79 Å². The molecule has 4 rings (SSSR count). The van der Waals surface area contributed by atoms with Gasteiger partial charge in [-0.15, -0.1) is 0 Å². The van der Waals surface area contributed by atoms with Crippen molar-refractivity contribution in [3.8, 4) is 5.88 Å². The average Bonchev–Trinajstić information content (AvgIpc) is 3.29. The highest BCUT2D eigenvalue weighted by atomic mass is 16.5. The van der Waals surface area contributed by atoms with E-state index in [2.05, 4.69) is 15.1 Å². The zero-order chi connectivity index (χ0) is 17.2. The van der Waals surface area contributed by atoms with E-state index in [0.29, 0.717) is 24.5 Å². The molecular formula is C17H17N5O3. The van der Waals surface area contributed by atoms with E-state index < -0.39 is 0 Å². The van der Waals surface area contributed by atoms with Crippen LogP contribution in [0.4, 0.5) is 0 Å². The summed E-state index contributed by atoms with van der Waals surface area (Å²) in [6.07, 6.45) is 8.47. The molecule has 1 amide bonds. The predicted molar refractivity (Wildman–Crippen MR) is 86.7 cm³/mol. The van der Waals surface area contributed by atoms with Gasteiger partial charge in [-0.1, -0.05) is 0 Å². The second kappa shape index (κ2) is 6.39. The number of aryl methyl sites for hydroxylation is 1. The summed E-state index contributed by atoms with van der Waals surface area (Å²) in [5.41, 5.74) is 3.54. The van der Waals surface area contributed by atoms with E-state index in [1.54, 1.807) is 29.6 Å². The Morgan fingerprint density at radius 2 is 2.32 bits per heavy atom. The summed E-state index contributed by atoms with van der Waals surface area (Å²) in [6, 6.07) is 1.68. The van der Waals surface area contributed by atoms with Crippen LogP contribution in [-0.2, 0) is 26.6 Å². The highest BCUT2D eigenvalue weighted by Gasteiger charge is 2.27. The topological polar surface area (TPSA) is 86.3 Å². The lowest BCUT2D eigenvalue weighted by Gasteiger charge is -2.27. The highest BCUT2D eigenvalue weighted by Crippen LogP contribution is 2.24. The van der Waals surface area contributed by atoms with Crippen LogP contribution in [0, 0.1) is 0 Å². The smallest absolute Gasteiger partial charge is 0.257 e. The van der Waals surface area contributed by atoms with Crippen molar-refractivity contribution in [3.05, 3.63) is 59.7 Å². The second-order valence-corrected chi connectivity index (χ2v) is 5.82. The number of aromatic nitrogens is 4. The summed E-state index contributed by atoms with van der Waals surface area (Å²) < 4.78 is 12.6. The molecule has 0 aliphatic carbocycles. The molecule has 1 aliphatic heterocycles. The molecule has 0 unspecified atom stereocenters. The molecule has 0 saturated carbocycles.